The fourth-order valence-electron chi connectivity index (χ4n) is 2.84. The Labute approximate surface area is 137 Å². The molecule has 0 unspecified atom stereocenters. The molecule has 2 rings (SSSR count). The number of hydrogen-bond donors (Lipinski definition) is 0. The molecule has 0 saturated carbocycles. The molecule has 1 aliphatic heterocycles. The molecule has 0 spiro atoms. The van der Waals surface area contributed by atoms with Gasteiger partial charge in [0, 0.05) is 19.5 Å². The summed E-state index contributed by atoms with van der Waals surface area (Å²) in [6, 6.07) is 4.15. The van der Waals surface area contributed by atoms with Crippen molar-refractivity contribution in [3.05, 3.63) is 29.6 Å². The molecule has 5 heteroatoms. The Kier molecular flexibility index (Phi) is 4.78. The summed E-state index contributed by atoms with van der Waals surface area (Å²) in [6.45, 7) is 10.3. The number of carbonyl (C=O) groups is 2. The number of nitrogens with zero attached hydrogens (tertiary/aromatic N) is 2. The van der Waals surface area contributed by atoms with Gasteiger partial charge in [0.15, 0.2) is 0 Å². The van der Waals surface area contributed by atoms with E-state index in [1.807, 2.05) is 27.7 Å². The van der Waals surface area contributed by atoms with Crippen molar-refractivity contribution >= 4 is 17.5 Å². The zero-order chi connectivity index (χ0) is 17.4. The lowest BCUT2D eigenvalue weighted by Gasteiger charge is -2.40. The number of anilines is 1. The second-order valence-electron chi connectivity index (χ2n) is 7.45. The van der Waals surface area contributed by atoms with Gasteiger partial charge in [-0.1, -0.05) is 26.8 Å². The minimum Gasteiger partial charge on any atom is -0.329 e. The van der Waals surface area contributed by atoms with Crippen molar-refractivity contribution in [2.24, 2.45) is 5.41 Å². The van der Waals surface area contributed by atoms with Crippen LogP contribution in [0.2, 0.25) is 0 Å². The van der Waals surface area contributed by atoms with Gasteiger partial charge in [0.25, 0.3) is 0 Å². The van der Waals surface area contributed by atoms with Gasteiger partial charge in [0.1, 0.15) is 11.9 Å². The van der Waals surface area contributed by atoms with Crippen molar-refractivity contribution < 1.29 is 14.0 Å². The van der Waals surface area contributed by atoms with Crippen molar-refractivity contribution in [1.82, 2.24) is 4.90 Å². The van der Waals surface area contributed by atoms with Gasteiger partial charge < -0.3 is 9.80 Å². The van der Waals surface area contributed by atoms with Crippen LogP contribution in [0.15, 0.2) is 18.2 Å². The average Bonchev–Trinajstić information content (AvgIpc) is 2.42. The molecule has 1 saturated heterocycles. The Hall–Kier alpha value is -1.91. The Morgan fingerprint density at radius 1 is 1.30 bits per heavy atom. The summed E-state index contributed by atoms with van der Waals surface area (Å²) in [6.07, 6.45) is 0.392. The van der Waals surface area contributed by atoms with E-state index in [9.17, 15) is 14.0 Å². The van der Waals surface area contributed by atoms with E-state index in [1.54, 1.807) is 24.0 Å². The lowest BCUT2D eigenvalue weighted by Crippen LogP contribution is -2.58. The minimum absolute atomic E-state index is 0.0253. The molecule has 4 nitrogen and oxygen atoms in total. The first-order chi connectivity index (χ1) is 10.6. The van der Waals surface area contributed by atoms with Gasteiger partial charge in [0.2, 0.25) is 11.8 Å². The van der Waals surface area contributed by atoms with Crippen LogP contribution in [-0.2, 0) is 9.59 Å². The van der Waals surface area contributed by atoms with E-state index in [0.717, 1.165) is 5.56 Å². The summed E-state index contributed by atoms with van der Waals surface area (Å²) in [4.78, 5) is 28.1. The molecular weight excluding hydrogens is 295 g/mol. The van der Waals surface area contributed by atoms with E-state index in [0.29, 0.717) is 25.2 Å². The molecule has 2 amide bonds. The number of rotatable bonds is 2. The number of amides is 2. The van der Waals surface area contributed by atoms with Gasteiger partial charge in [-0.25, -0.2) is 4.39 Å². The summed E-state index contributed by atoms with van der Waals surface area (Å²) in [5.74, 6) is -0.670. The van der Waals surface area contributed by atoms with Crippen LogP contribution < -0.4 is 4.90 Å². The monoisotopic (exact) mass is 320 g/mol. The van der Waals surface area contributed by atoms with E-state index in [2.05, 4.69) is 0 Å². The Morgan fingerprint density at radius 2 is 1.96 bits per heavy atom. The highest BCUT2D eigenvalue weighted by Crippen LogP contribution is 2.27. The lowest BCUT2D eigenvalue weighted by molar-refractivity contribution is -0.142. The van der Waals surface area contributed by atoms with E-state index < -0.39 is 11.9 Å². The number of piperazine rings is 1. The standard InChI is InChI=1S/C18H25FN2O2/c1-12-6-7-14(19)15(10-12)21-9-8-20(13(2)17(21)23)16(22)11-18(3,4)5/h6-7,10,13H,8-9,11H2,1-5H3/t13-/m0/s1. The second-order valence-corrected chi connectivity index (χ2v) is 7.45. The molecule has 126 valence electrons. The van der Waals surface area contributed by atoms with E-state index in [1.165, 1.54) is 11.0 Å². The molecule has 1 aliphatic rings. The third-order valence-electron chi connectivity index (χ3n) is 4.05. The predicted molar refractivity (Wildman–Crippen MR) is 88.7 cm³/mol. The maximum absolute atomic E-state index is 14.1. The van der Waals surface area contributed by atoms with Crippen LogP contribution >= 0.6 is 0 Å². The number of aryl methyl sites for hydroxylation is 1. The zero-order valence-electron chi connectivity index (χ0n) is 14.5. The molecule has 0 aliphatic carbocycles. The van der Waals surface area contributed by atoms with Crippen molar-refractivity contribution in [3.8, 4) is 0 Å². The van der Waals surface area contributed by atoms with Crippen LogP contribution in [0.5, 0.6) is 0 Å². The summed E-state index contributed by atoms with van der Waals surface area (Å²) in [7, 11) is 0. The topological polar surface area (TPSA) is 40.6 Å². The molecule has 0 aromatic heterocycles. The third-order valence-corrected chi connectivity index (χ3v) is 4.05. The molecule has 23 heavy (non-hydrogen) atoms. The summed E-state index contributed by atoms with van der Waals surface area (Å²) >= 11 is 0. The van der Waals surface area contributed by atoms with Crippen LogP contribution in [0.1, 0.15) is 39.7 Å². The predicted octanol–water partition coefficient (Wildman–Crippen LogP) is 3.13. The van der Waals surface area contributed by atoms with Gasteiger partial charge in [-0.05, 0) is 37.0 Å². The van der Waals surface area contributed by atoms with Gasteiger partial charge in [0.05, 0.1) is 5.69 Å². The van der Waals surface area contributed by atoms with Gasteiger partial charge >= 0.3 is 0 Å². The summed E-state index contributed by atoms with van der Waals surface area (Å²) in [5, 5.41) is 0. The highest BCUT2D eigenvalue weighted by molar-refractivity contribution is 6.00. The van der Waals surface area contributed by atoms with Crippen molar-refractivity contribution in [2.45, 2.75) is 47.1 Å². The first-order valence-corrected chi connectivity index (χ1v) is 7.97. The maximum atomic E-state index is 14.1. The van der Waals surface area contributed by atoms with Gasteiger partial charge in [-0.3, -0.25) is 9.59 Å². The van der Waals surface area contributed by atoms with E-state index in [4.69, 9.17) is 0 Å². The van der Waals surface area contributed by atoms with E-state index in [-0.39, 0.29) is 17.2 Å². The highest BCUT2D eigenvalue weighted by Gasteiger charge is 2.36. The molecule has 1 atom stereocenters. The summed E-state index contributed by atoms with van der Waals surface area (Å²) in [5.41, 5.74) is 1.07. The van der Waals surface area contributed by atoms with Gasteiger partial charge in [-0.15, -0.1) is 0 Å². The van der Waals surface area contributed by atoms with Crippen molar-refractivity contribution in [3.63, 3.8) is 0 Å². The Morgan fingerprint density at radius 3 is 2.57 bits per heavy atom. The fourth-order valence-corrected chi connectivity index (χ4v) is 2.84. The van der Waals surface area contributed by atoms with Crippen LogP contribution in [0, 0.1) is 18.2 Å². The molecule has 1 aromatic rings. The molecule has 1 heterocycles. The second kappa shape index (κ2) is 6.30. The van der Waals surface area contributed by atoms with Crippen molar-refractivity contribution in [2.75, 3.05) is 18.0 Å². The number of benzene rings is 1. The van der Waals surface area contributed by atoms with E-state index >= 15 is 0 Å². The van der Waals surface area contributed by atoms with Crippen LogP contribution in [0.25, 0.3) is 0 Å². The SMILES string of the molecule is Cc1ccc(F)c(N2CCN(C(=O)CC(C)(C)C)[C@@H](C)C2=O)c1. The molecule has 0 N–H and O–H groups in total. The molecular formula is C18H25FN2O2. The molecule has 0 bridgehead atoms. The number of hydrogen-bond acceptors (Lipinski definition) is 2. The molecule has 1 aromatic carbocycles. The first-order valence-electron chi connectivity index (χ1n) is 7.97. The fraction of sp³-hybridized carbons (Fsp3) is 0.556. The van der Waals surface area contributed by atoms with Gasteiger partial charge in [-0.2, -0.15) is 0 Å². The molecule has 0 radical (unpaired) electrons. The van der Waals surface area contributed by atoms with Crippen LogP contribution in [-0.4, -0.2) is 35.8 Å². The first kappa shape index (κ1) is 17.4. The lowest BCUT2D eigenvalue weighted by atomic mass is 9.91. The number of carbonyl (C=O) groups excluding carboxylic acids is 2. The average molecular weight is 320 g/mol. The zero-order valence-corrected chi connectivity index (χ0v) is 14.5. The molecule has 1 fully saturated rings. The summed E-state index contributed by atoms with van der Waals surface area (Å²) < 4.78 is 14.1. The normalized spacial score (nSPS) is 19.2. The Balaban J connectivity index is 2.18. The number of halogens is 1. The maximum Gasteiger partial charge on any atom is 0.249 e. The van der Waals surface area contributed by atoms with Crippen molar-refractivity contribution in [1.29, 1.82) is 0 Å². The van der Waals surface area contributed by atoms with Crippen LogP contribution in [0.3, 0.4) is 0 Å². The van der Waals surface area contributed by atoms with Crippen LogP contribution in [0.4, 0.5) is 10.1 Å². The Bertz CT molecular complexity index is 622. The minimum atomic E-state index is -0.571. The largest absolute Gasteiger partial charge is 0.329 e. The quantitative estimate of drug-likeness (QED) is 0.840. The third kappa shape index (κ3) is 3.89. The highest BCUT2D eigenvalue weighted by atomic mass is 19.1. The smallest absolute Gasteiger partial charge is 0.249 e.